The summed E-state index contributed by atoms with van der Waals surface area (Å²) in [5, 5.41) is -0.00961. The maximum Gasteiger partial charge on any atom is 0.338 e. The van der Waals surface area contributed by atoms with Crippen molar-refractivity contribution in [3.63, 3.8) is 0 Å². The molecule has 1 aromatic carbocycles. The van der Waals surface area contributed by atoms with Crippen LogP contribution in [0.25, 0.3) is 0 Å². The van der Waals surface area contributed by atoms with Crippen molar-refractivity contribution >= 4 is 33.5 Å². The van der Waals surface area contributed by atoms with E-state index in [1.807, 2.05) is 6.92 Å². The summed E-state index contributed by atoms with van der Waals surface area (Å²) < 4.78 is 38.8. The van der Waals surface area contributed by atoms with Gasteiger partial charge in [0.05, 0.1) is 16.7 Å². The van der Waals surface area contributed by atoms with Gasteiger partial charge in [0.2, 0.25) is 10.0 Å². The predicted molar refractivity (Wildman–Crippen MR) is 120 cm³/mol. The molecule has 3 rings (SSSR count). The van der Waals surface area contributed by atoms with Crippen LogP contribution < -0.4 is 4.72 Å². The maximum atomic E-state index is 12.8. The Labute approximate surface area is 194 Å². The van der Waals surface area contributed by atoms with E-state index in [1.54, 1.807) is 4.90 Å². The quantitative estimate of drug-likeness (QED) is 0.566. The van der Waals surface area contributed by atoms with E-state index in [9.17, 15) is 18.0 Å². The fraction of sp³-hybridized carbons (Fsp3) is 0.636. The van der Waals surface area contributed by atoms with E-state index >= 15 is 0 Å². The lowest BCUT2D eigenvalue weighted by Gasteiger charge is -2.36. The Bertz CT molecular complexity index is 932. The van der Waals surface area contributed by atoms with Crippen molar-refractivity contribution in [2.24, 2.45) is 0 Å². The number of halogens is 1. The molecule has 3 unspecified atom stereocenters. The highest BCUT2D eigenvalue weighted by atomic mass is 35.5. The van der Waals surface area contributed by atoms with Crippen LogP contribution in [0.3, 0.4) is 0 Å². The minimum Gasteiger partial charge on any atom is -0.449 e. The molecule has 0 aliphatic carbocycles. The molecule has 2 aliphatic rings. The Balaban J connectivity index is 1.68. The molecule has 2 heterocycles. The van der Waals surface area contributed by atoms with E-state index in [1.165, 1.54) is 25.1 Å². The third-order valence-corrected chi connectivity index (χ3v) is 7.90. The molecule has 32 heavy (non-hydrogen) atoms. The topological polar surface area (TPSA) is 102 Å². The first-order valence-electron chi connectivity index (χ1n) is 11.1. The van der Waals surface area contributed by atoms with Crippen molar-refractivity contribution in [3.8, 4) is 0 Å². The molecule has 2 fully saturated rings. The lowest BCUT2D eigenvalue weighted by molar-refractivity contribution is -0.143. The molecule has 0 bridgehead atoms. The molecule has 0 radical (unpaired) electrons. The minimum absolute atomic E-state index is 0.00961. The van der Waals surface area contributed by atoms with Crippen molar-refractivity contribution in [2.75, 3.05) is 19.7 Å². The van der Waals surface area contributed by atoms with Crippen molar-refractivity contribution in [1.29, 1.82) is 0 Å². The van der Waals surface area contributed by atoms with Gasteiger partial charge in [-0.3, -0.25) is 4.79 Å². The van der Waals surface area contributed by atoms with Crippen LogP contribution in [0.15, 0.2) is 23.1 Å². The van der Waals surface area contributed by atoms with Gasteiger partial charge in [0, 0.05) is 25.7 Å². The lowest BCUT2D eigenvalue weighted by atomic mass is 9.99. The molecule has 8 nitrogen and oxygen atoms in total. The monoisotopic (exact) mass is 486 g/mol. The van der Waals surface area contributed by atoms with Crippen LogP contribution in [-0.4, -0.2) is 63.1 Å². The van der Waals surface area contributed by atoms with Gasteiger partial charge in [0.25, 0.3) is 5.91 Å². The molecule has 0 spiro atoms. The Kier molecular flexibility index (Phi) is 8.55. The number of esters is 1. The predicted octanol–water partition coefficient (Wildman–Crippen LogP) is 3.13. The summed E-state index contributed by atoms with van der Waals surface area (Å²) in [6, 6.07) is 4.05. The van der Waals surface area contributed by atoms with E-state index in [0.29, 0.717) is 13.2 Å². The average Bonchev–Trinajstić information content (AvgIpc) is 3.31. The normalized spacial score (nSPS) is 22.5. The van der Waals surface area contributed by atoms with Crippen LogP contribution in [0.5, 0.6) is 0 Å². The van der Waals surface area contributed by atoms with E-state index in [2.05, 4.69) is 4.72 Å². The molecular formula is C22H31ClN2O6S. The van der Waals surface area contributed by atoms with Gasteiger partial charge in [-0.1, -0.05) is 18.5 Å². The second-order valence-corrected chi connectivity index (χ2v) is 10.4. The average molecular weight is 487 g/mol. The highest BCUT2D eigenvalue weighted by molar-refractivity contribution is 7.89. The second kappa shape index (κ2) is 11.0. The summed E-state index contributed by atoms with van der Waals surface area (Å²) >= 11 is 6.11. The van der Waals surface area contributed by atoms with Crippen LogP contribution in [-0.2, 0) is 24.3 Å². The van der Waals surface area contributed by atoms with Crippen LogP contribution in [0.2, 0.25) is 5.02 Å². The summed E-state index contributed by atoms with van der Waals surface area (Å²) in [6.45, 7) is 4.97. The van der Waals surface area contributed by atoms with Crippen molar-refractivity contribution in [2.45, 2.75) is 75.5 Å². The fourth-order valence-electron chi connectivity index (χ4n) is 4.15. The van der Waals surface area contributed by atoms with Crippen molar-refractivity contribution < 1.29 is 27.5 Å². The Morgan fingerprint density at radius 2 is 2.06 bits per heavy atom. The summed E-state index contributed by atoms with van der Waals surface area (Å²) in [7, 11) is -3.95. The number of rotatable bonds is 8. The van der Waals surface area contributed by atoms with Gasteiger partial charge in [0.15, 0.2) is 6.10 Å². The number of piperidine rings is 1. The SMILES string of the molecule is CCC1CCCCN1C(=O)C(C)OC(=O)c1ccc(Cl)c(S(=O)(=O)NCC2CCCO2)c1. The van der Waals surface area contributed by atoms with Crippen molar-refractivity contribution in [3.05, 3.63) is 28.8 Å². The summed E-state index contributed by atoms with van der Waals surface area (Å²) in [5.41, 5.74) is 0.0113. The number of nitrogens with zero attached hydrogens (tertiary/aromatic N) is 1. The number of hydrogen-bond acceptors (Lipinski definition) is 6. The van der Waals surface area contributed by atoms with Gasteiger partial charge in [-0.05, 0) is 63.6 Å². The number of carbonyl (C=O) groups excluding carboxylic acids is 2. The number of amides is 1. The van der Waals surface area contributed by atoms with Gasteiger partial charge in [-0.25, -0.2) is 17.9 Å². The largest absolute Gasteiger partial charge is 0.449 e. The van der Waals surface area contributed by atoms with Crippen LogP contribution in [0.1, 0.15) is 62.7 Å². The van der Waals surface area contributed by atoms with E-state index in [-0.39, 0.29) is 40.1 Å². The van der Waals surface area contributed by atoms with Crippen LogP contribution in [0.4, 0.5) is 0 Å². The Hall–Kier alpha value is -1.68. The number of likely N-dealkylation sites (tertiary alicyclic amines) is 1. The van der Waals surface area contributed by atoms with Crippen molar-refractivity contribution in [1.82, 2.24) is 9.62 Å². The van der Waals surface area contributed by atoms with E-state index < -0.39 is 22.1 Å². The van der Waals surface area contributed by atoms with E-state index in [0.717, 1.165) is 38.5 Å². The zero-order chi connectivity index (χ0) is 23.3. The molecule has 1 amide bonds. The summed E-state index contributed by atoms with van der Waals surface area (Å²) in [6.07, 6.45) is 4.34. The minimum atomic E-state index is -3.95. The number of nitrogens with one attached hydrogen (secondary N) is 1. The van der Waals surface area contributed by atoms with Gasteiger partial charge in [0.1, 0.15) is 4.90 Å². The number of benzene rings is 1. The van der Waals surface area contributed by atoms with Crippen LogP contribution >= 0.6 is 11.6 Å². The van der Waals surface area contributed by atoms with Gasteiger partial charge in [-0.2, -0.15) is 0 Å². The third-order valence-electron chi connectivity index (χ3n) is 5.99. The van der Waals surface area contributed by atoms with Gasteiger partial charge < -0.3 is 14.4 Å². The molecule has 0 saturated carbocycles. The molecule has 1 aromatic rings. The van der Waals surface area contributed by atoms with Crippen LogP contribution in [0, 0.1) is 0 Å². The van der Waals surface area contributed by atoms with Gasteiger partial charge in [-0.15, -0.1) is 0 Å². The van der Waals surface area contributed by atoms with E-state index in [4.69, 9.17) is 21.1 Å². The molecule has 0 aromatic heterocycles. The molecule has 2 aliphatic heterocycles. The number of sulfonamides is 1. The second-order valence-electron chi connectivity index (χ2n) is 8.27. The zero-order valence-electron chi connectivity index (χ0n) is 18.5. The lowest BCUT2D eigenvalue weighted by Crippen LogP contribution is -2.48. The molecule has 10 heteroatoms. The highest BCUT2D eigenvalue weighted by Crippen LogP contribution is 2.25. The Morgan fingerprint density at radius 3 is 2.75 bits per heavy atom. The fourth-order valence-corrected chi connectivity index (χ4v) is 5.74. The number of carbonyl (C=O) groups is 2. The number of ether oxygens (including phenoxy) is 2. The highest BCUT2D eigenvalue weighted by Gasteiger charge is 2.31. The third kappa shape index (κ3) is 6.01. The molecule has 178 valence electrons. The summed E-state index contributed by atoms with van der Waals surface area (Å²) in [5.74, 6) is -1.01. The first-order chi connectivity index (χ1) is 15.2. The molecule has 2 saturated heterocycles. The smallest absolute Gasteiger partial charge is 0.338 e. The first-order valence-corrected chi connectivity index (χ1v) is 13.0. The molecule has 1 N–H and O–H groups in total. The molecular weight excluding hydrogens is 456 g/mol. The Morgan fingerprint density at radius 1 is 1.28 bits per heavy atom. The maximum absolute atomic E-state index is 12.8. The zero-order valence-corrected chi connectivity index (χ0v) is 20.1. The standard InChI is InChI=1S/C22H31ClN2O6S/c1-3-17-7-4-5-11-25(17)21(26)15(2)31-22(27)16-9-10-19(23)20(13-16)32(28,29)24-14-18-8-6-12-30-18/h9-10,13,15,17-18,24H,3-8,11-12,14H2,1-2H3. The number of hydrogen-bond donors (Lipinski definition) is 1. The molecule has 3 atom stereocenters. The summed E-state index contributed by atoms with van der Waals surface area (Å²) in [4.78, 5) is 27.1. The first kappa shape index (κ1) is 25.0. The van der Waals surface area contributed by atoms with Gasteiger partial charge >= 0.3 is 5.97 Å².